The van der Waals surface area contributed by atoms with Crippen molar-refractivity contribution in [1.29, 1.82) is 0 Å². The van der Waals surface area contributed by atoms with Crippen LogP contribution in [0.3, 0.4) is 0 Å². The maximum absolute atomic E-state index is 12.5. The summed E-state index contributed by atoms with van der Waals surface area (Å²) >= 11 is 0. The van der Waals surface area contributed by atoms with Crippen molar-refractivity contribution in [3.05, 3.63) is 58.3 Å². The van der Waals surface area contributed by atoms with Gasteiger partial charge in [0.15, 0.2) is 5.43 Å². The van der Waals surface area contributed by atoms with Crippen molar-refractivity contribution in [2.45, 2.75) is 0 Å². The molecule has 0 aliphatic carbocycles. The predicted molar refractivity (Wildman–Crippen MR) is 94.0 cm³/mol. The summed E-state index contributed by atoms with van der Waals surface area (Å²) < 4.78 is 10.1. The van der Waals surface area contributed by atoms with E-state index in [0.717, 1.165) is 12.2 Å². The third kappa shape index (κ3) is 3.10. The molecule has 3 rings (SSSR count). The van der Waals surface area contributed by atoms with Crippen molar-refractivity contribution in [2.24, 2.45) is 0 Å². The van der Waals surface area contributed by atoms with Crippen LogP contribution in [-0.2, 0) is 9.53 Å². The van der Waals surface area contributed by atoms with E-state index in [0.29, 0.717) is 5.56 Å². The van der Waals surface area contributed by atoms with Crippen molar-refractivity contribution >= 4 is 23.0 Å². The summed E-state index contributed by atoms with van der Waals surface area (Å²) in [6, 6.07) is 8.38. The van der Waals surface area contributed by atoms with Gasteiger partial charge in [0.2, 0.25) is 0 Å². The molecule has 0 bridgehead atoms. The van der Waals surface area contributed by atoms with Crippen molar-refractivity contribution in [2.75, 3.05) is 7.11 Å². The first-order chi connectivity index (χ1) is 12.4. The van der Waals surface area contributed by atoms with Crippen LogP contribution in [0.15, 0.2) is 51.7 Å². The van der Waals surface area contributed by atoms with Crippen LogP contribution in [0.4, 0.5) is 0 Å². The smallest absolute Gasteiger partial charge is 0.330 e. The lowest BCUT2D eigenvalue weighted by Gasteiger charge is -2.08. The number of phenolic OH excluding ortho intramolecular Hbond substituents is 3. The maximum atomic E-state index is 12.5. The van der Waals surface area contributed by atoms with E-state index in [2.05, 4.69) is 4.74 Å². The van der Waals surface area contributed by atoms with Gasteiger partial charge in [0.1, 0.15) is 34.0 Å². The van der Waals surface area contributed by atoms with Crippen molar-refractivity contribution in [3.63, 3.8) is 0 Å². The van der Waals surface area contributed by atoms with Gasteiger partial charge in [0.05, 0.1) is 12.7 Å². The second-order valence-corrected chi connectivity index (χ2v) is 5.41. The van der Waals surface area contributed by atoms with E-state index in [1.807, 2.05) is 0 Å². The van der Waals surface area contributed by atoms with Gasteiger partial charge in [-0.1, -0.05) is 0 Å². The van der Waals surface area contributed by atoms with Crippen LogP contribution < -0.4 is 5.43 Å². The third-order valence-electron chi connectivity index (χ3n) is 3.75. The van der Waals surface area contributed by atoms with Crippen LogP contribution in [-0.4, -0.2) is 28.4 Å². The molecule has 132 valence electrons. The van der Waals surface area contributed by atoms with Gasteiger partial charge in [-0.2, -0.15) is 0 Å². The number of esters is 1. The minimum Gasteiger partial charge on any atom is -0.508 e. The number of hydrogen-bond acceptors (Lipinski definition) is 7. The molecule has 3 aromatic rings. The summed E-state index contributed by atoms with van der Waals surface area (Å²) in [7, 11) is 1.19. The molecule has 0 fully saturated rings. The molecular formula is C19H14O7. The fraction of sp³-hybridized carbons (Fsp3) is 0.0526. The number of ether oxygens (including phenoxy) is 1. The summed E-state index contributed by atoms with van der Waals surface area (Å²) in [5.74, 6) is -1.29. The molecule has 1 aromatic heterocycles. The number of hydrogen-bond donors (Lipinski definition) is 3. The molecule has 0 aliphatic heterocycles. The van der Waals surface area contributed by atoms with Crippen LogP contribution in [0.25, 0.3) is 28.4 Å². The lowest BCUT2D eigenvalue weighted by atomic mass is 10.1. The molecule has 26 heavy (non-hydrogen) atoms. The van der Waals surface area contributed by atoms with E-state index in [9.17, 15) is 24.9 Å². The van der Waals surface area contributed by atoms with E-state index in [1.54, 1.807) is 12.1 Å². The minimum absolute atomic E-state index is 0.0224. The molecule has 7 heteroatoms. The first-order valence-electron chi connectivity index (χ1n) is 7.49. The fourth-order valence-electron chi connectivity index (χ4n) is 2.46. The van der Waals surface area contributed by atoms with E-state index in [4.69, 9.17) is 4.42 Å². The quantitative estimate of drug-likeness (QED) is 0.489. The molecule has 0 spiro atoms. The molecular weight excluding hydrogens is 340 g/mol. The van der Waals surface area contributed by atoms with Crippen LogP contribution in [0.1, 0.15) is 5.56 Å². The Labute approximate surface area is 147 Å². The van der Waals surface area contributed by atoms with Gasteiger partial charge >= 0.3 is 5.97 Å². The number of fused-ring (bicyclic) bond motifs is 1. The predicted octanol–water partition coefficient (Wildman–Crippen LogP) is 2.76. The second kappa shape index (κ2) is 6.64. The molecule has 7 nitrogen and oxygen atoms in total. The van der Waals surface area contributed by atoms with Gasteiger partial charge in [0.25, 0.3) is 0 Å². The van der Waals surface area contributed by atoms with Crippen LogP contribution in [0.2, 0.25) is 0 Å². The monoisotopic (exact) mass is 354 g/mol. The molecule has 0 radical (unpaired) electrons. The van der Waals surface area contributed by atoms with Crippen LogP contribution in [0.5, 0.6) is 17.2 Å². The SMILES string of the molecule is COC(=O)/C=C/c1c(O)cc2oc(-c3ccc(O)cc3)cc(=O)c2c1O. The molecule has 2 aromatic carbocycles. The molecule has 0 saturated heterocycles. The lowest BCUT2D eigenvalue weighted by molar-refractivity contribution is -0.134. The first kappa shape index (κ1) is 17.1. The second-order valence-electron chi connectivity index (χ2n) is 5.41. The number of rotatable bonds is 3. The third-order valence-corrected chi connectivity index (χ3v) is 3.75. The van der Waals surface area contributed by atoms with Crippen molar-refractivity contribution < 1.29 is 29.3 Å². The largest absolute Gasteiger partial charge is 0.508 e. The van der Waals surface area contributed by atoms with Gasteiger partial charge in [-0.25, -0.2) is 4.79 Å². The Kier molecular flexibility index (Phi) is 4.36. The zero-order valence-corrected chi connectivity index (χ0v) is 13.6. The highest BCUT2D eigenvalue weighted by Gasteiger charge is 2.17. The van der Waals surface area contributed by atoms with Gasteiger partial charge in [-0.3, -0.25) is 4.79 Å². The molecule has 0 atom stereocenters. The summed E-state index contributed by atoms with van der Waals surface area (Å²) in [6.45, 7) is 0. The summed E-state index contributed by atoms with van der Waals surface area (Å²) in [6.07, 6.45) is 2.15. The van der Waals surface area contributed by atoms with Gasteiger partial charge in [-0.15, -0.1) is 0 Å². The highest BCUT2D eigenvalue weighted by molar-refractivity contribution is 5.94. The Morgan fingerprint density at radius 2 is 1.81 bits per heavy atom. The summed E-state index contributed by atoms with van der Waals surface area (Å²) in [5.41, 5.74) is -0.117. The molecule has 3 N–H and O–H groups in total. The highest BCUT2D eigenvalue weighted by atomic mass is 16.5. The highest BCUT2D eigenvalue weighted by Crippen LogP contribution is 2.36. The standard InChI is InChI=1S/C19H14O7/c1-25-17(23)7-6-12-13(21)8-16-18(19(12)24)14(22)9-15(26-16)10-2-4-11(20)5-3-10/h2-9,20-21,24H,1H3/b7-6+. The van der Waals surface area contributed by atoms with E-state index in [1.165, 1.54) is 31.4 Å². The number of methoxy groups -OCH3 is 1. The topological polar surface area (TPSA) is 117 Å². The maximum Gasteiger partial charge on any atom is 0.330 e. The zero-order valence-electron chi connectivity index (χ0n) is 13.6. The Balaban J connectivity index is 2.19. The van der Waals surface area contributed by atoms with Gasteiger partial charge in [-0.05, 0) is 30.3 Å². The number of carbonyl (C=O) groups is 1. The van der Waals surface area contributed by atoms with E-state index in [-0.39, 0.29) is 33.8 Å². The number of phenols is 3. The Hall–Kier alpha value is -3.74. The minimum atomic E-state index is -0.682. The van der Waals surface area contributed by atoms with Gasteiger partial charge in [0, 0.05) is 23.8 Å². The zero-order chi connectivity index (χ0) is 18.8. The van der Waals surface area contributed by atoms with E-state index < -0.39 is 17.1 Å². The van der Waals surface area contributed by atoms with E-state index >= 15 is 0 Å². The molecule has 0 unspecified atom stereocenters. The summed E-state index contributed by atoms with van der Waals surface area (Å²) in [5, 5.41) is 29.7. The van der Waals surface area contributed by atoms with Gasteiger partial charge < -0.3 is 24.5 Å². The molecule has 0 aliphatic rings. The van der Waals surface area contributed by atoms with Crippen LogP contribution in [0, 0.1) is 0 Å². The van der Waals surface area contributed by atoms with Crippen molar-refractivity contribution in [3.8, 4) is 28.6 Å². The van der Waals surface area contributed by atoms with Crippen molar-refractivity contribution in [1.82, 2.24) is 0 Å². The lowest BCUT2D eigenvalue weighted by Crippen LogP contribution is -2.02. The average molecular weight is 354 g/mol. The molecule has 0 amide bonds. The molecule has 0 saturated carbocycles. The Morgan fingerprint density at radius 1 is 1.12 bits per heavy atom. The molecule has 1 heterocycles. The Bertz CT molecular complexity index is 1080. The number of carbonyl (C=O) groups excluding carboxylic acids is 1. The number of aromatic hydroxyl groups is 3. The van der Waals surface area contributed by atoms with Crippen LogP contribution >= 0.6 is 0 Å². The average Bonchev–Trinajstić information content (AvgIpc) is 2.61. The normalized spacial score (nSPS) is 11.1. The number of benzene rings is 2. The fourth-order valence-corrected chi connectivity index (χ4v) is 2.46. The summed E-state index contributed by atoms with van der Waals surface area (Å²) in [4.78, 5) is 23.6. The Morgan fingerprint density at radius 3 is 2.46 bits per heavy atom. The first-order valence-corrected chi connectivity index (χ1v) is 7.49.